The summed E-state index contributed by atoms with van der Waals surface area (Å²) < 4.78 is 15.7. The van der Waals surface area contributed by atoms with E-state index < -0.39 is 47.7 Å². The highest BCUT2D eigenvalue weighted by molar-refractivity contribution is 6.02. The van der Waals surface area contributed by atoms with Gasteiger partial charge in [0, 0.05) is 19.6 Å². The Labute approximate surface area is 146 Å². The third kappa shape index (κ3) is 6.26. The van der Waals surface area contributed by atoms with E-state index in [-0.39, 0.29) is 6.42 Å². The van der Waals surface area contributed by atoms with Crippen LogP contribution in [-0.2, 0) is 28.6 Å². The van der Waals surface area contributed by atoms with Crippen molar-refractivity contribution < 1.29 is 38.8 Å². The SMILES string of the molecule is CC(C)(C)OC(=O)C(N)CCC(OC1CCOCC1)(C(=O)O)C(=O)O. The summed E-state index contributed by atoms with van der Waals surface area (Å²) in [5, 5.41) is 18.9. The molecule has 0 aromatic rings. The van der Waals surface area contributed by atoms with Gasteiger partial charge in [0.2, 0.25) is 0 Å². The summed E-state index contributed by atoms with van der Waals surface area (Å²) in [6.07, 6.45) is -0.383. The molecule has 0 aromatic carbocycles. The third-order valence-electron chi connectivity index (χ3n) is 3.74. The van der Waals surface area contributed by atoms with Gasteiger partial charge in [-0.15, -0.1) is 0 Å². The average molecular weight is 361 g/mol. The molecule has 1 atom stereocenters. The van der Waals surface area contributed by atoms with E-state index in [2.05, 4.69) is 0 Å². The van der Waals surface area contributed by atoms with Crippen LogP contribution in [0, 0.1) is 0 Å². The first-order chi connectivity index (χ1) is 11.5. The topological polar surface area (TPSA) is 145 Å². The van der Waals surface area contributed by atoms with Crippen molar-refractivity contribution in [1.82, 2.24) is 0 Å². The zero-order chi connectivity index (χ0) is 19.3. The summed E-state index contributed by atoms with van der Waals surface area (Å²) in [4.78, 5) is 35.2. The molecule has 4 N–H and O–H groups in total. The zero-order valence-corrected chi connectivity index (χ0v) is 14.8. The molecule has 0 aliphatic carbocycles. The molecule has 1 fully saturated rings. The van der Waals surface area contributed by atoms with Crippen LogP contribution >= 0.6 is 0 Å². The fourth-order valence-corrected chi connectivity index (χ4v) is 2.40. The highest BCUT2D eigenvalue weighted by atomic mass is 16.6. The lowest BCUT2D eigenvalue weighted by Gasteiger charge is -2.32. The molecule has 1 aliphatic heterocycles. The van der Waals surface area contributed by atoms with E-state index >= 15 is 0 Å². The van der Waals surface area contributed by atoms with Gasteiger partial charge in [-0.1, -0.05) is 0 Å². The van der Waals surface area contributed by atoms with Crippen molar-refractivity contribution in [3.05, 3.63) is 0 Å². The lowest BCUT2D eigenvalue weighted by atomic mass is 9.94. The average Bonchev–Trinajstić information content (AvgIpc) is 2.49. The van der Waals surface area contributed by atoms with Gasteiger partial charge >= 0.3 is 17.9 Å². The van der Waals surface area contributed by atoms with E-state index in [1.807, 2.05) is 0 Å². The molecule has 1 aliphatic rings. The Bertz CT molecular complexity index is 479. The van der Waals surface area contributed by atoms with E-state index in [1.165, 1.54) is 0 Å². The molecule has 9 heteroatoms. The lowest BCUT2D eigenvalue weighted by molar-refractivity contribution is -0.198. The third-order valence-corrected chi connectivity index (χ3v) is 3.74. The minimum atomic E-state index is -2.46. The van der Waals surface area contributed by atoms with Gasteiger partial charge in [0.1, 0.15) is 11.6 Å². The highest BCUT2D eigenvalue weighted by Gasteiger charge is 2.50. The molecular formula is C16H27NO8. The number of esters is 1. The number of carbonyl (C=O) groups excluding carboxylic acids is 1. The Hall–Kier alpha value is -1.71. The summed E-state index contributed by atoms with van der Waals surface area (Å²) in [6.45, 7) is 5.76. The molecule has 0 spiro atoms. The van der Waals surface area contributed by atoms with Crippen LogP contribution in [-0.4, -0.2) is 64.7 Å². The van der Waals surface area contributed by atoms with E-state index in [0.29, 0.717) is 26.1 Å². The Balaban J connectivity index is 2.81. The van der Waals surface area contributed by atoms with Gasteiger partial charge in [-0.25, -0.2) is 9.59 Å². The normalized spacial score (nSPS) is 17.8. The Morgan fingerprint density at radius 2 is 1.68 bits per heavy atom. The Morgan fingerprint density at radius 1 is 1.16 bits per heavy atom. The number of carbonyl (C=O) groups is 3. The first-order valence-electron chi connectivity index (χ1n) is 8.19. The number of carboxylic acids is 2. The van der Waals surface area contributed by atoms with E-state index in [1.54, 1.807) is 20.8 Å². The van der Waals surface area contributed by atoms with Gasteiger partial charge in [0.25, 0.3) is 5.60 Å². The second-order valence-electron chi connectivity index (χ2n) is 7.05. The largest absolute Gasteiger partial charge is 0.479 e. The van der Waals surface area contributed by atoms with Crippen LogP contribution in [0.15, 0.2) is 0 Å². The van der Waals surface area contributed by atoms with Gasteiger partial charge in [0.15, 0.2) is 0 Å². The van der Waals surface area contributed by atoms with Gasteiger partial charge in [-0.05, 0) is 40.0 Å². The summed E-state index contributed by atoms with van der Waals surface area (Å²) >= 11 is 0. The predicted octanol–water partition coefficient (Wildman–Crippen LogP) is 0.539. The molecule has 1 heterocycles. The zero-order valence-electron chi connectivity index (χ0n) is 14.8. The van der Waals surface area contributed by atoms with Gasteiger partial charge in [0.05, 0.1) is 6.10 Å². The highest BCUT2D eigenvalue weighted by Crippen LogP contribution is 2.26. The maximum absolute atomic E-state index is 11.9. The van der Waals surface area contributed by atoms with Crippen molar-refractivity contribution >= 4 is 17.9 Å². The van der Waals surface area contributed by atoms with Gasteiger partial charge in [-0.3, -0.25) is 4.79 Å². The second-order valence-corrected chi connectivity index (χ2v) is 7.05. The van der Waals surface area contributed by atoms with Crippen LogP contribution in [0.3, 0.4) is 0 Å². The molecule has 25 heavy (non-hydrogen) atoms. The lowest BCUT2D eigenvalue weighted by Crippen LogP contribution is -2.53. The molecule has 0 amide bonds. The number of nitrogens with two attached hydrogens (primary N) is 1. The molecule has 144 valence electrons. The molecule has 9 nitrogen and oxygen atoms in total. The maximum Gasteiger partial charge on any atom is 0.347 e. The smallest absolute Gasteiger partial charge is 0.347 e. The van der Waals surface area contributed by atoms with E-state index in [4.69, 9.17) is 19.9 Å². The van der Waals surface area contributed by atoms with Gasteiger partial charge in [-0.2, -0.15) is 0 Å². The number of hydrogen-bond acceptors (Lipinski definition) is 7. The Kier molecular flexibility index (Phi) is 7.33. The quantitative estimate of drug-likeness (QED) is 0.416. The fourth-order valence-electron chi connectivity index (χ4n) is 2.40. The summed E-state index contributed by atoms with van der Waals surface area (Å²) in [6, 6.07) is -1.14. The van der Waals surface area contributed by atoms with Crippen molar-refractivity contribution in [2.75, 3.05) is 13.2 Å². The summed E-state index contributed by atoms with van der Waals surface area (Å²) in [5.41, 5.74) is 2.53. The molecular weight excluding hydrogens is 334 g/mol. The molecule has 0 bridgehead atoms. The summed E-state index contributed by atoms with van der Waals surface area (Å²) in [5.74, 6) is -3.96. The minimum absolute atomic E-state index is 0.198. The molecule has 0 radical (unpaired) electrons. The van der Waals surface area contributed by atoms with Crippen LogP contribution in [0.1, 0.15) is 46.5 Å². The number of aliphatic carboxylic acids is 2. The molecule has 1 unspecified atom stereocenters. The van der Waals surface area contributed by atoms with Crippen molar-refractivity contribution in [1.29, 1.82) is 0 Å². The number of rotatable bonds is 8. The van der Waals surface area contributed by atoms with Crippen LogP contribution in [0.25, 0.3) is 0 Å². The van der Waals surface area contributed by atoms with Crippen molar-refractivity contribution in [2.45, 2.75) is 69.8 Å². The van der Waals surface area contributed by atoms with E-state index in [9.17, 15) is 24.6 Å². The number of carboxylic acid groups (broad SMARTS) is 2. The minimum Gasteiger partial charge on any atom is -0.479 e. The molecule has 1 rings (SSSR count). The van der Waals surface area contributed by atoms with Crippen LogP contribution in [0.5, 0.6) is 0 Å². The Morgan fingerprint density at radius 3 is 2.12 bits per heavy atom. The van der Waals surface area contributed by atoms with Crippen LogP contribution in [0.2, 0.25) is 0 Å². The van der Waals surface area contributed by atoms with Crippen LogP contribution < -0.4 is 5.73 Å². The van der Waals surface area contributed by atoms with Crippen molar-refractivity contribution in [2.24, 2.45) is 5.73 Å². The number of hydrogen-bond donors (Lipinski definition) is 3. The first kappa shape index (κ1) is 21.3. The predicted molar refractivity (Wildman–Crippen MR) is 86.0 cm³/mol. The number of ether oxygens (including phenoxy) is 3. The first-order valence-corrected chi connectivity index (χ1v) is 8.19. The van der Waals surface area contributed by atoms with Crippen molar-refractivity contribution in [3.8, 4) is 0 Å². The van der Waals surface area contributed by atoms with E-state index in [0.717, 1.165) is 0 Å². The standard InChI is InChI=1S/C16H27NO8/c1-15(2,3)25-12(18)11(17)4-7-16(13(19)20,14(21)22)24-10-5-8-23-9-6-10/h10-11H,4-9,17H2,1-3H3,(H,19,20)(H,21,22). The van der Waals surface area contributed by atoms with Crippen LogP contribution in [0.4, 0.5) is 0 Å². The van der Waals surface area contributed by atoms with Crippen molar-refractivity contribution in [3.63, 3.8) is 0 Å². The maximum atomic E-state index is 11.9. The van der Waals surface area contributed by atoms with Gasteiger partial charge < -0.3 is 30.2 Å². The molecule has 1 saturated heterocycles. The molecule has 0 saturated carbocycles. The molecule has 0 aromatic heterocycles. The fraction of sp³-hybridized carbons (Fsp3) is 0.812. The second kappa shape index (κ2) is 8.59. The monoisotopic (exact) mass is 361 g/mol. The summed E-state index contributed by atoms with van der Waals surface area (Å²) in [7, 11) is 0.